The number of carbonyl (C=O) groups excluding carboxylic acids is 2. The number of methoxy groups -OCH3 is 2. The molecule has 0 bridgehead atoms. The third-order valence-corrected chi connectivity index (χ3v) is 6.22. The van der Waals surface area contributed by atoms with E-state index in [4.69, 9.17) is 14.2 Å². The summed E-state index contributed by atoms with van der Waals surface area (Å²) in [4.78, 5) is 29.1. The molecule has 0 unspecified atom stereocenters. The average molecular weight is 439 g/mol. The molecule has 1 aromatic heterocycles. The molecule has 160 valence electrons. The molecule has 3 aromatic rings. The Kier molecular flexibility index (Phi) is 5.41. The zero-order chi connectivity index (χ0) is 22.2. The lowest BCUT2D eigenvalue weighted by Crippen LogP contribution is -2.26. The maximum absolute atomic E-state index is 12.5. The van der Waals surface area contributed by atoms with Crippen molar-refractivity contribution in [2.75, 3.05) is 19.5 Å². The second-order valence-electron chi connectivity index (χ2n) is 7.63. The molecular weight excluding hydrogens is 416 g/mol. The number of aromatic nitrogens is 1. The number of amides is 1. The van der Waals surface area contributed by atoms with Crippen molar-refractivity contribution in [3.05, 3.63) is 58.6 Å². The van der Waals surface area contributed by atoms with Gasteiger partial charge < -0.3 is 19.5 Å². The van der Waals surface area contributed by atoms with Gasteiger partial charge in [0, 0.05) is 16.6 Å². The van der Waals surface area contributed by atoms with Gasteiger partial charge in [0.1, 0.15) is 11.6 Å². The minimum Gasteiger partial charge on any atom is -0.493 e. The minimum absolute atomic E-state index is 0.0531. The van der Waals surface area contributed by atoms with Gasteiger partial charge in [-0.15, -0.1) is 11.3 Å². The summed E-state index contributed by atoms with van der Waals surface area (Å²) in [6.45, 7) is 3.76. The predicted molar refractivity (Wildman–Crippen MR) is 118 cm³/mol. The predicted octanol–water partition coefficient (Wildman–Crippen LogP) is 4.41. The van der Waals surface area contributed by atoms with Crippen LogP contribution < -0.4 is 14.8 Å². The van der Waals surface area contributed by atoms with Crippen LogP contribution in [0.2, 0.25) is 0 Å². The summed E-state index contributed by atoms with van der Waals surface area (Å²) < 4.78 is 16.0. The Morgan fingerprint density at radius 1 is 1.10 bits per heavy atom. The van der Waals surface area contributed by atoms with Crippen LogP contribution in [-0.2, 0) is 21.6 Å². The first-order valence-corrected chi connectivity index (χ1v) is 10.5. The second-order valence-corrected chi connectivity index (χ2v) is 8.49. The van der Waals surface area contributed by atoms with Gasteiger partial charge in [-0.1, -0.05) is 6.07 Å². The molecule has 0 atom stereocenters. The lowest BCUT2D eigenvalue weighted by Gasteiger charge is -2.14. The zero-order valence-corrected chi connectivity index (χ0v) is 18.5. The molecule has 1 aliphatic heterocycles. The van der Waals surface area contributed by atoms with E-state index in [1.807, 2.05) is 37.4 Å². The van der Waals surface area contributed by atoms with Gasteiger partial charge in [-0.2, -0.15) is 0 Å². The molecule has 2 aromatic carbocycles. The standard InChI is InChI=1S/C23H22N2O5S/c1-23(2)16-7-5-14(9-17(16)25-22(23)27)21(26)30-11-15-12-31-20(24-15)13-6-8-18(28-3)19(10-13)29-4/h5-10,12H,11H2,1-4H3,(H,25,27). The van der Waals surface area contributed by atoms with Crippen molar-refractivity contribution >= 4 is 28.9 Å². The third-order valence-electron chi connectivity index (χ3n) is 5.28. The smallest absolute Gasteiger partial charge is 0.338 e. The first kappa shape index (κ1) is 20.9. The number of carbonyl (C=O) groups is 2. The number of hydrogen-bond donors (Lipinski definition) is 1. The highest BCUT2D eigenvalue weighted by molar-refractivity contribution is 7.13. The minimum atomic E-state index is -0.612. The number of thiazole rings is 1. The first-order valence-electron chi connectivity index (χ1n) is 9.63. The van der Waals surface area contributed by atoms with Gasteiger partial charge in [0.05, 0.1) is 30.9 Å². The molecule has 0 saturated heterocycles. The molecule has 0 saturated carbocycles. The summed E-state index contributed by atoms with van der Waals surface area (Å²) >= 11 is 1.45. The Morgan fingerprint density at radius 3 is 2.61 bits per heavy atom. The number of esters is 1. The quantitative estimate of drug-likeness (QED) is 0.574. The fraction of sp³-hybridized carbons (Fsp3) is 0.261. The zero-order valence-electron chi connectivity index (χ0n) is 17.6. The molecule has 31 heavy (non-hydrogen) atoms. The topological polar surface area (TPSA) is 86.8 Å². The van der Waals surface area contributed by atoms with Gasteiger partial charge >= 0.3 is 5.97 Å². The summed E-state index contributed by atoms with van der Waals surface area (Å²) in [6.07, 6.45) is 0. The highest BCUT2D eigenvalue weighted by Crippen LogP contribution is 2.38. The van der Waals surface area contributed by atoms with Crippen LogP contribution in [0.4, 0.5) is 5.69 Å². The van der Waals surface area contributed by atoms with E-state index in [2.05, 4.69) is 10.3 Å². The molecule has 0 radical (unpaired) electrons. The molecule has 0 aliphatic carbocycles. The Morgan fingerprint density at radius 2 is 1.87 bits per heavy atom. The van der Waals surface area contributed by atoms with Crippen molar-refractivity contribution < 1.29 is 23.8 Å². The molecule has 1 N–H and O–H groups in total. The monoisotopic (exact) mass is 438 g/mol. The molecule has 8 heteroatoms. The summed E-state index contributed by atoms with van der Waals surface area (Å²) in [5, 5.41) is 5.46. The highest BCUT2D eigenvalue weighted by atomic mass is 32.1. The van der Waals surface area contributed by atoms with Gasteiger partial charge in [-0.3, -0.25) is 4.79 Å². The van der Waals surface area contributed by atoms with Gasteiger partial charge in [0.15, 0.2) is 11.5 Å². The number of benzene rings is 2. The van der Waals surface area contributed by atoms with Crippen molar-refractivity contribution in [2.24, 2.45) is 0 Å². The van der Waals surface area contributed by atoms with Crippen LogP contribution >= 0.6 is 11.3 Å². The second kappa shape index (κ2) is 8.03. The van der Waals surface area contributed by atoms with Crippen LogP contribution in [0.5, 0.6) is 11.5 Å². The number of nitrogens with one attached hydrogen (secondary N) is 1. The maximum Gasteiger partial charge on any atom is 0.338 e. The van der Waals surface area contributed by atoms with E-state index in [1.165, 1.54) is 11.3 Å². The molecule has 1 aliphatic rings. The van der Waals surface area contributed by atoms with Gasteiger partial charge in [-0.25, -0.2) is 9.78 Å². The van der Waals surface area contributed by atoms with E-state index in [-0.39, 0.29) is 12.5 Å². The fourth-order valence-electron chi connectivity index (χ4n) is 3.42. The lowest BCUT2D eigenvalue weighted by atomic mass is 9.86. The highest BCUT2D eigenvalue weighted by Gasteiger charge is 2.38. The number of fused-ring (bicyclic) bond motifs is 1. The van der Waals surface area contributed by atoms with Crippen molar-refractivity contribution in [3.8, 4) is 22.1 Å². The van der Waals surface area contributed by atoms with E-state index in [1.54, 1.807) is 32.4 Å². The number of anilines is 1. The number of nitrogens with zero attached hydrogens (tertiary/aromatic N) is 1. The van der Waals surface area contributed by atoms with E-state index in [0.717, 1.165) is 16.1 Å². The van der Waals surface area contributed by atoms with E-state index >= 15 is 0 Å². The Balaban J connectivity index is 1.44. The Hall–Kier alpha value is -3.39. The van der Waals surface area contributed by atoms with Gasteiger partial charge in [0.2, 0.25) is 5.91 Å². The summed E-state index contributed by atoms with van der Waals surface area (Å²) in [7, 11) is 3.17. The number of hydrogen-bond acceptors (Lipinski definition) is 7. The Labute approximate surface area is 184 Å². The average Bonchev–Trinajstić information content (AvgIpc) is 3.33. The maximum atomic E-state index is 12.5. The molecule has 4 rings (SSSR count). The van der Waals surface area contributed by atoms with Crippen LogP contribution in [0.25, 0.3) is 10.6 Å². The van der Waals surface area contributed by atoms with Gasteiger partial charge in [-0.05, 0) is 49.7 Å². The van der Waals surface area contributed by atoms with Crippen LogP contribution in [0.15, 0.2) is 41.8 Å². The van der Waals surface area contributed by atoms with E-state index < -0.39 is 11.4 Å². The van der Waals surface area contributed by atoms with Crippen molar-refractivity contribution in [1.82, 2.24) is 4.98 Å². The summed E-state index contributed by atoms with van der Waals surface area (Å²) in [6, 6.07) is 10.7. The van der Waals surface area contributed by atoms with E-state index in [0.29, 0.717) is 28.4 Å². The lowest BCUT2D eigenvalue weighted by molar-refractivity contribution is -0.119. The van der Waals surface area contributed by atoms with Crippen LogP contribution in [0, 0.1) is 0 Å². The Bertz CT molecular complexity index is 1170. The molecule has 1 amide bonds. The number of rotatable bonds is 6. The first-order chi connectivity index (χ1) is 14.8. The van der Waals surface area contributed by atoms with Crippen molar-refractivity contribution in [1.29, 1.82) is 0 Å². The van der Waals surface area contributed by atoms with Crippen LogP contribution in [0.1, 0.15) is 35.5 Å². The SMILES string of the molecule is COc1ccc(-c2nc(COC(=O)c3ccc4c(c3)NC(=O)C4(C)C)cs2)cc1OC. The molecule has 2 heterocycles. The molecular formula is C23H22N2O5S. The van der Waals surface area contributed by atoms with Crippen LogP contribution in [0.3, 0.4) is 0 Å². The fourth-order valence-corrected chi connectivity index (χ4v) is 4.22. The summed E-state index contributed by atoms with van der Waals surface area (Å²) in [5.74, 6) is 0.710. The molecule has 7 nitrogen and oxygen atoms in total. The molecule has 0 spiro atoms. The molecule has 0 fully saturated rings. The van der Waals surface area contributed by atoms with E-state index in [9.17, 15) is 9.59 Å². The normalized spacial score (nSPS) is 14.0. The summed E-state index contributed by atoms with van der Waals surface area (Å²) in [5.41, 5.74) is 2.82. The van der Waals surface area contributed by atoms with Crippen molar-refractivity contribution in [2.45, 2.75) is 25.9 Å². The largest absolute Gasteiger partial charge is 0.493 e. The third kappa shape index (κ3) is 3.86. The van der Waals surface area contributed by atoms with Crippen LogP contribution in [-0.4, -0.2) is 31.1 Å². The number of ether oxygens (including phenoxy) is 3. The van der Waals surface area contributed by atoms with Gasteiger partial charge in [0.25, 0.3) is 0 Å². The van der Waals surface area contributed by atoms with Crippen molar-refractivity contribution in [3.63, 3.8) is 0 Å².